The molecule has 3 heteroatoms. The van der Waals surface area contributed by atoms with E-state index in [1.54, 1.807) is 14.2 Å². The standard InChI is InChI=1S/C20H23NO2/c1-22-14-17-9-11-20(15-6-4-3-5-7-15)21-18-12-16(17)8-10-19(13-18)23-2/h3-10,13,16,18H,11-12,14H2,1-2H3/b17-9-,21-20?. The molecule has 0 N–H and O–H groups in total. The smallest absolute Gasteiger partial charge is 0.116 e. The molecule has 0 saturated carbocycles. The molecule has 120 valence electrons. The van der Waals surface area contributed by atoms with E-state index in [0.29, 0.717) is 12.5 Å². The van der Waals surface area contributed by atoms with Crippen LogP contribution in [-0.2, 0) is 9.47 Å². The maximum atomic E-state index is 5.45. The Bertz CT molecular complexity index is 655. The van der Waals surface area contributed by atoms with E-state index in [1.165, 1.54) is 11.1 Å². The minimum Gasteiger partial charge on any atom is -0.497 e. The van der Waals surface area contributed by atoms with Crippen LogP contribution in [0.25, 0.3) is 0 Å². The summed E-state index contributed by atoms with van der Waals surface area (Å²) in [5.41, 5.74) is 3.63. The Kier molecular flexibility index (Phi) is 5.09. The predicted molar refractivity (Wildman–Crippen MR) is 93.7 cm³/mol. The highest BCUT2D eigenvalue weighted by atomic mass is 16.5. The third-order valence-corrected chi connectivity index (χ3v) is 4.35. The highest BCUT2D eigenvalue weighted by molar-refractivity contribution is 6.01. The lowest BCUT2D eigenvalue weighted by atomic mass is 9.89. The molecule has 1 aliphatic carbocycles. The lowest BCUT2D eigenvalue weighted by Crippen LogP contribution is -2.18. The summed E-state index contributed by atoms with van der Waals surface area (Å²) in [6.07, 6.45) is 10.4. The van der Waals surface area contributed by atoms with Crippen LogP contribution in [0, 0.1) is 5.92 Å². The van der Waals surface area contributed by atoms with Crippen molar-refractivity contribution in [1.82, 2.24) is 0 Å². The molecule has 0 aromatic heterocycles. The molecular formula is C20H23NO2. The molecule has 1 heterocycles. The lowest BCUT2D eigenvalue weighted by molar-refractivity contribution is 0.217. The van der Waals surface area contributed by atoms with E-state index in [9.17, 15) is 0 Å². The summed E-state index contributed by atoms with van der Waals surface area (Å²) in [6.45, 7) is 0.659. The van der Waals surface area contributed by atoms with Crippen LogP contribution in [0.4, 0.5) is 0 Å². The number of rotatable bonds is 4. The fourth-order valence-corrected chi connectivity index (χ4v) is 3.15. The van der Waals surface area contributed by atoms with Gasteiger partial charge in [-0.2, -0.15) is 0 Å². The largest absolute Gasteiger partial charge is 0.497 e. The SMILES string of the molecule is COC/C1=C/CC(c2ccccc2)=NC2C=C(OC)C=CC1C2. The summed E-state index contributed by atoms with van der Waals surface area (Å²) >= 11 is 0. The molecule has 0 amide bonds. The Labute approximate surface area is 138 Å². The highest BCUT2D eigenvalue weighted by Crippen LogP contribution is 2.29. The van der Waals surface area contributed by atoms with Gasteiger partial charge in [-0.3, -0.25) is 4.99 Å². The van der Waals surface area contributed by atoms with Gasteiger partial charge in [0, 0.05) is 25.2 Å². The van der Waals surface area contributed by atoms with Crippen molar-refractivity contribution < 1.29 is 9.47 Å². The van der Waals surface area contributed by atoms with Crippen LogP contribution < -0.4 is 0 Å². The van der Waals surface area contributed by atoms with Crippen molar-refractivity contribution in [2.45, 2.75) is 18.9 Å². The summed E-state index contributed by atoms with van der Waals surface area (Å²) in [6, 6.07) is 10.5. The normalized spacial score (nSPS) is 26.1. The molecule has 0 saturated heterocycles. The van der Waals surface area contributed by atoms with Gasteiger partial charge in [0.05, 0.1) is 19.8 Å². The molecule has 3 rings (SSSR count). The highest BCUT2D eigenvalue weighted by Gasteiger charge is 2.22. The summed E-state index contributed by atoms with van der Waals surface area (Å²) < 4.78 is 10.9. The van der Waals surface area contributed by atoms with Crippen LogP contribution in [0.1, 0.15) is 18.4 Å². The van der Waals surface area contributed by atoms with E-state index < -0.39 is 0 Å². The van der Waals surface area contributed by atoms with Gasteiger partial charge in [0.25, 0.3) is 0 Å². The monoisotopic (exact) mass is 309 g/mol. The maximum Gasteiger partial charge on any atom is 0.116 e. The average Bonchev–Trinajstić information content (AvgIpc) is 2.80. The van der Waals surface area contributed by atoms with Gasteiger partial charge < -0.3 is 9.47 Å². The molecular weight excluding hydrogens is 286 g/mol. The van der Waals surface area contributed by atoms with Gasteiger partial charge in [0.1, 0.15) is 5.76 Å². The van der Waals surface area contributed by atoms with Crippen molar-refractivity contribution in [3.8, 4) is 0 Å². The minimum absolute atomic E-state index is 0.126. The van der Waals surface area contributed by atoms with E-state index in [-0.39, 0.29) is 6.04 Å². The maximum absolute atomic E-state index is 5.45. The number of fused-ring (bicyclic) bond motifs is 2. The van der Waals surface area contributed by atoms with E-state index in [0.717, 1.165) is 24.3 Å². The van der Waals surface area contributed by atoms with Crippen LogP contribution in [0.15, 0.2) is 71.0 Å². The Balaban J connectivity index is 2.00. The number of nitrogens with zero attached hydrogens (tertiary/aromatic N) is 1. The van der Waals surface area contributed by atoms with Crippen LogP contribution in [0.5, 0.6) is 0 Å². The average molecular weight is 309 g/mol. The third kappa shape index (κ3) is 3.80. The van der Waals surface area contributed by atoms with Gasteiger partial charge in [0.2, 0.25) is 0 Å². The molecule has 0 fully saturated rings. The first kappa shape index (κ1) is 15.8. The molecule has 1 aliphatic heterocycles. The van der Waals surface area contributed by atoms with Crippen molar-refractivity contribution >= 4 is 5.71 Å². The van der Waals surface area contributed by atoms with Gasteiger partial charge in [-0.25, -0.2) is 0 Å². The van der Waals surface area contributed by atoms with Crippen LogP contribution in [0.2, 0.25) is 0 Å². The van der Waals surface area contributed by atoms with Crippen molar-refractivity contribution in [3.63, 3.8) is 0 Å². The first-order chi connectivity index (χ1) is 11.3. The number of methoxy groups -OCH3 is 2. The van der Waals surface area contributed by atoms with Crippen LogP contribution >= 0.6 is 0 Å². The zero-order valence-electron chi connectivity index (χ0n) is 13.7. The topological polar surface area (TPSA) is 30.8 Å². The van der Waals surface area contributed by atoms with Gasteiger partial charge in [-0.1, -0.05) is 42.5 Å². The van der Waals surface area contributed by atoms with Gasteiger partial charge in [-0.05, 0) is 29.7 Å². The van der Waals surface area contributed by atoms with E-state index in [2.05, 4.69) is 48.6 Å². The number of allylic oxidation sites excluding steroid dienone is 3. The molecule has 23 heavy (non-hydrogen) atoms. The van der Waals surface area contributed by atoms with Crippen molar-refractivity contribution in [2.75, 3.05) is 20.8 Å². The van der Waals surface area contributed by atoms with Crippen LogP contribution in [0.3, 0.4) is 0 Å². The summed E-state index contributed by atoms with van der Waals surface area (Å²) in [4.78, 5) is 5.01. The zero-order valence-corrected chi connectivity index (χ0v) is 13.7. The van der Waals surface area contributed by atoms with Gasteiger partial charge in [0.15, 0.2) is 0 Å². The zero-order chi connectivity index (χ0) is 16.1. The molecule has 1 aromatic carbocycles. The first-order valence-corrected chi connectivity index (χ1v) is 8.04. The number of ether oxygens (including phenoxy) is 2. The molecule has 0 radical (unpaired) electrons. The second-order valence-corrected chi connectivity index (χ2v) is 5.90. The molecule has 2 aliphatic rings. The van der Waals surface area contributed by atoms with Crippen LogP contribution in [-0.4, -0.2) is 32.6 Å². The second kappa shape index (κ2) is 7.42. The molecule has 2 atom stereocenters. The number of hydrogen-bond donors (Lipinski definition) is 0. The molecule has 3 nitrogen and oxygen atoms in total. The van der Waals surface area contributed by atoms with Crippen molar-refractivity contribution in [2.24, 2.45) is 10.9 Å². The van der Waals surface area contributed by atoms with Gasteiger partial charge in [-0.15, -0.1) is 0 Å². The lowest BCUT2D eigenvalue weighted by Gasteiger charge is -2.22. The van der Waals surface area contributed by atoms with Gasteiger partial charge >= 0.3 is 0 Å². The molecule has 2 unspecified atom stereocenters. The van der Waals surface area contributed by atoms with Crippen molar-refractivity contribution in [1.29, 1.82) is 0 Å². The molecule has 2 bridgehead atoms. The molecule has 0 spiro atoms. The number of benzene rings is 1. The summed E-state index contributed by atoms with van der Waals surface area (Å²) in [7, 11) is 3.46. The fraction of sp³-hybridized carbons (Fsp3) is 0.350. The Hall–Kier alpha value is -2.13. The van der Waals surface area contributed by atoms with Crippen molar-refractivity contribution in [3.05, 3.63) is 71.5 Å². The third-order valence-electron chi connectivity index (χ3n) is 4.35. The first-order valence-electron chi connectivity index (χ1n) is 8.04. The van der Waals surface area contributed by atoms with E-state index in [1.807, 2.05) is 6.07 Å². The predicted octanol–water partition coefficient (Wildman–Crippen LogP) is 3.93. The Morgan fingerprint density at radius 2 is 2.00 bits per heavy atom. The Morgan fingerprint density at radius 1 is 1.17 bits per heavy atom. The number of aliphatic imine (C=N–C) groups is 1. The second-order valence-electron chi connectivity index (χ2n) is 5.90. The number of hydrogen-bond acceptors (Lipinski definition) is 3. The summed E-state index contributed by atoms with van der Waals surface area (Å²) in [5.74, 6) is 1.23. The fourth-order valence-electron chi connectivity index (χ4n) is 3.15. The minimum atomic E-state index is 0.126. The van der Waals surface area contributed by atoms with E-state index >= 15 is 0 Å². The quantitative estimate of drug-likeness (QED) is 0.789. The van der Waals surface area contributed by atoms with E-state index in [4.69, 9.17) is 14.5 Å². The summed E-state index contributed by atoms with van der Waals surface area (Å²) in [5, 5.41) is 0. The molecule has 1 aromatic rings. The Morgan fingerprint density at radius 3 is 2.74 bits per heavy atom.